The number of hydrogen-bond donors (Lipinski definition) is 1. The average Bonchev–Trinajstić information content (AvgIpc) is 2.78. The van der Waals surface area contributed by atoms with Crippen LogP contribution in [-0.4, -0.2) is 22.0 Å². The minimum Gasteiger partial charge on any atom is -0.489 e. The van der Waals surface area contributed by atoms with E-state index in [-0.39, 0.29) is 18.1 Å². The molecule has 0 amide bonds. The van der Waals surface area contributed by atoms with E-state index in [0.29, 0.717) is 22.6 Å². The van der Waals surface area contributed by atoms with Crippen molar-refractivity contribution in [2.45, 2.75) is 20.5 Å². The Bertz CT molecular complexity index is 659. The topological polar surface area (TPSA) is 89.6 Å². The molecule has 20 heavy (non-hydrogen) atoms. The highest BCUT2D eigenvalue weighted by Crippen LogP contribution is 2.19. The Morgan fingerprint density at radius 1 is 1.40 bits per heavy atom. The Kier molecular flexibility index (Phi) is 3.84. The number of aromatic carboxylic acids is 1. The zero-order valence-electron chi connectivity index (χ0n) is 11.0. The number of aromatic nitrogens is 1. The fourth-order valence-electron chi connectivity index (χ4n) is 1.69. The van der Waals surface area contributed by atoms with Crippen molar-refractivity contribution in [3.05, 3.63) is 46.8 Å². The number of rotatable bonds is 5. The number of carbonyl (C=O) groups excluding carboxylic acids is 1. The van der Waals surface area contributed by atoms with Crippen LogP contribution in [0.4, 0.5) is 0 Å². The molecule has 0 radical (unpaired) electrons. The predicted octanol–water partition coefficient (Wildman–Crippen LogP) is 2.46. The Labute approximate surface area is 115 Å². The van der Waals surface area contributed by atoms with Gasteiger partial charge in [-0.3, -0.25) is 4.79 Å². The van der Waals surface area contributed by atoms with Crippen LogP contribution >= 0.6 is 0 Å². The third-order valence-corrected chi connectivity index (χ3v) is 2.81. The SMILES string of the molecule is CC(=O)c1cccc(OCc2c(C(=O)O)noc2C)c1. The van der Waals surface area contributed by atoms with Crippen LogP contribution in [0.1, 0.15) is 39.1 Å². The quantitative estimate of drug-likeness (QED) is 0.843. The van der Waals surface area contributed by atoms with Gasteiger partial charge in [-0.25, -0.2) is 4.79 Å². The molecule has 0 bridgehead atoms. The summed E-state index contributed by atoms with van der Waals surface area (Å²) in [5.41, 5.74) is 0.749. The standard InChI is InChI=1S/C14H13NO5/c1-8(16)10-4-3-5-11(6-10)19-7-12-9(2)20-15-13(12)14(17)18/h3-6H,7H2,1-2H3,(H,17,18). The van der Waals surface area contributed by atoms with Crippen LogP contribution in [0.5, 0.6) is 5.75 Å². The Hall–Kier alpha value is -2.63. The van der Waals surface area contributed by atoms with E-state index in [1.54, 1.807) is 31.2 Å². The highest BCUT2D eigenvalue weighted by atomic mass is 16.5. The summed E-state index contributed by atoms with van der Waals surface area (Å²) in [6.07, 6.45) is 0. The minimum atomic E-state index is -1.17. The van der Waals surface area contributed by atoms with Gasteiger partial charge in [-0.15, -0.1) is 0 Å². The van der Waals surface area contributed by atoms with Crippen LogP contribution in [0, 0.1) is 6.92 Å². The van der Waals surface area contributed by atoms with Crippen LogP contribution in [0.3, 0.4) is 0 Å². The molecule has 0 aliphatic rings. The van der Waals surface area contributed by atoms with Crippen LogP contribution < -0.4 is 4.74 Å². The average molecular weight is 275 g/mol. The van der Waals surface area contributed by atoms with E-state index in [4.69, 9.17) is 14.4 Å². The van der Waals surface area contributed by atoms with Gasteiger partial charge in [0.25, 0.3) is 0 Å². The second-order valence-corrected chi connectivity index (χ2v) is 4.24. The molecular formula is C14H13NO5. The van der Waals surface area contributed by atoms with Crippen molar-refractivity contribution in [3.63, 3.8) is 0 Å². The number of carbonyl (C=O) groups is 2. The molecule has 2 rings (SSSR count). The number of ketones is 1. The van der Waals surface area contributed by atoms with E-state index in [1.165, 1.54) is 6.92 Å². The first-order valence-electron chi connectivity index (χ1n) is 5.91. The fourth-order valence-corrected chi connectivity index (χ4v) is 1.69. The van der Waals surface area contributed by atoms with Crippen molar-refractivity contribution in [2.24, 2.45) is 0 Å². The lowest BCUT2D eigenvalue weighted by molar-refractivity contribution is 0.0683. The number of hydrogen-bond acceptors (Lipinski definition) is 5. The van der Waals surface area contributed by atoms with Gasteiger partial charge < -0.3 is 14.4 Å². The molecule has 2 aromatic rings. The Morgan fingerprint density at radius 3 is 2.80 bits per heavy atom. The molecule has 1 heterocycles. The molecule has 104 valence electrons. The summed E-state index contributed by atoms with van der Waals surface area (Å²) < 4.78 is 10.3. The van der Waals surface area contributed by atoms with Gasteiger partial charge in [0.05, 0.1) is 5.56 Å². The first-order valence-corrected chi connectivity index (χ1v) is 5.91. The van der Waals surface area contributed by atoms with Crippen LogP contribution in [0.15, 0.2) is 28.8 Å². The van der Waals surface area contributed by atoms with Gasteiger partial charge >= 0.3 is 5.97 Å². The van der Waals surface area contributed by atoms with E-state index in [1.807, 2.05) is 0 Å². The molecule has 0 fully saturated rings. The first kappa shape index (κ1) is 13.8. The van der Waals surface area contributed by atoms with E-state index < -0.39 is 5.97 Å². The third-order valence-electron chi connectivity index (χ3n) is 2.81. The third kappa shape index (κ3) is 2.85. The highest BCUT2D eigenvalue weighted by molar-refractivity contribution is 5.94. The van der Waals surface area contributed by atoms with Crippen molar-refractivity contribution in [1.82, 2.24) is 5.16 Å². The molecule has 0 saturated carbocycles. The number of nitrogens with zero attached hydrogens (tertiary/aromatic N) is 1. The van der Waals surface area contributed by atoms with E-state index in [9.17, 15) is 9.59 Å². The molecule has 6 nitrogen and oxygen atoms in total. The highest BCUT2D eigenvalue weighted by Gasteiger charge is 2.19. The van der Waals surface area contributed by atoms with E-state index >= 15 is 0 Å². The summed E-state index contributed by atoms with van der Waals surface area (Å²) in [7, 11) is 0. The van der Waals surface area contributed by atoms with Gasteiger partial charge in [-0.1, -0.05) is 17.3 Å². The summed E-state index contributed by atoms with van der Waals surface area (Å²) >= 11 is 0. The number of aryl methyl sites for hydroxylation is 1. The molecular weight excluding hydrogens is 262 g/mol. The zero-order chi connectivity index (χ0) is 14.7. The van der Waals surface area contributed by atoms with Crippen molar-refractivity contribution < 1.29 is 24.0 Å². The van der Waals surface area contributed by atoms with Gasteiger partial charge in [-0.05, 0) is 26.0 Å². The molecule has 0 aliphatic carbocycles. The molecule has 0 saturated heterocycles. The smallest absolute Gasteiger partial charge is 0.358 e. The maximum Gasteiger partial charge on any atom is 0.358 e. The summed E-state index contributed by atoms with van der Waals surface area (Å²) in [5, 5.41) is 12.4. The molecule has 0 atom stereocenters. The molecule has 1 aromatic heterocycles. The zero-order valence-corrected chi connectivity index (χ0v) is 11.0. The minimum absolute atomic E-state index is 0.0122. The van der Waals surface area contributed by atoms with Crippen LogP contribution in [0.2, 0.25) is 0 Å². The Morgan fingerprint density at radius 2 is 2.15 bits per heavy atom. The lowest BCUT2D eigenvalue weighted by Crippen LogP contribution is -2.05. The number of carboxylic acids is 1. The first-order chi connectivity index (χ1) is 9.49. The number of ether oxygens (including phenoxy) is 1. The van der Waals surface area contributed by atoms with E-state index in [0.717, 1.165) is 0 Å². The predicted molar refractivity (Wildman–Crippen MR) is 69.0 cm³/mol. The summed E-state index contributed by atoms with van der Waals surface area (Å²) in [6.45, 7) is 3.09. The number of benzene rings is 1. The molecule has 0 spiro atoms. The van der Waals surface area contributed by atoms with Gasteiger partial charge in [0, 0.05) is 5.56 Å². The summed E-state index contributed by atoms with van der Waals surface area (Å²) in [4.78, 5) is 22.2. The van der Waals surface area contributed by atoms with Crippen molar-refractivity contribution >= 4 is 11.8 Å². The molecule has 1 aromatic carbocycles. The van der Waals surface area contributed by atoms with Crippen molar-refractivity contribution in [1.29, 1.82) is 0 Å². The molecule has 1 N–H and O–H groups in total. The lowest BCUT2D eigenvalue weighted by atomic mass is 10.1. The Balaban J connectivity index is 2.17. The maximum absolute atomic E-state index is 11.3. The second-order valence-electron chi connectivity index (χ2n) is 4.24. The monoisotopic (exact) mass is 275 g/mol. The second kappa shape index (κ2) is 5.56. The molecule has 0 aliphatic heterocycles. The largest absolute Gasteiger partial charge is 0.489 e. The normalized spacial score (nSPS) is 10.3. The maximum atomic E-state index is 11.3. The van der Waals surface area contributed by atoms with Gasteiger partial charge in [-0.2, -0.15) is 0 Å². The summed E-state index contributed by atoms with van der Waals surface area (Å²) in [5.74, 6) is -0.361. The van der Waals surface area contributed by atoms with Crippen LogP contribution in [0.25, 0.3) is 0 Å². The van der Waals surface area contributed by atoms with Gasteiger partial charge in [0.15, 0.2) is 11.5 Å². The number of carboxylic acid groups (broad SMARTS) is 1. The van der Waals surface area contributed by atoms with E-state index in [2.05, 4.69) is 5.16 Å². The summed E-state index contributed by atoms with van der Waals surface area (Å²) in [6, 6.07) is 6.68. The molecule has 6 heteroatoms. The van der Waals surface area contributed by atoms with Gasteiger partial charge in [0.2, 0.25) is 0 Å². The van der Waals surface area contributed by atoms with Gasteiger partial charge in [0.1, 0.15) is 18.1 Å². The number of Topliss-reactive ketones (excluding diaryl/α,β-unsaturated/α-hetero) is 1. The van der Waals surface area contributed by atoms with Crippen molar-refractivity contribution in [2.75, 3.05) is 0 Å². The fraction of sp³-hybridized carbons (Fsp3) is 0.214. The lowest BCUT2D eigenvalue weighted by Gasteiger charge is -2.06. The van der Waals surface area contributed by atoms with Crippen molar-refractivity contribution in [3.8, 4) is 5.75 Å². The van der Waals surface area contributed by atoms with Crippen LogP contribution in [-0.2, 0) is 6.61 Å². The molecule has 0 unspecified atom stereocenters.